The molecule has 3 aromatic rings. The zero-order chi connectivity index (χ0) is 18.0. The summed E-state index contributed by atoms with van der Waals surface area (Å²) in [5.41, 5.74) is 3.92. The topological polar surface area (TPSA) is 63.1 Å². The van der Waals surface area contributed by atoms with E-state index in [0.29, 0.717) is 18.0 Å². The van der Waals surface area contributed by atoms with Crippen molar-refractivity contribution in [3.63, 3.8) is 0 Å². The Bertz CT molecular complexity index is 1020. The molecule has 1 aliphatic rings. The van der Waals surface area contributed by atoms with E-state index in [1.807, 2.05) is 12.1 Å². The van der Waals surface area contributed by atoms with Crippen molar-refractivity contribution in [1.29, 1.82) is 0 Å². The second kappa shape index (κ2) is 8.44. The van der Waals surface area contributed by atoms with Crippen LogP contribution in [-0.4, -0.2) is 32.6 Å². The van der Waals surface area contributed by atoms with Crippen LogP contribution >= 0.6 is 12.4 Å². The molecule has 0 atom stereocenters. The van der Waals surface area contributed by atoms with Crippen molar-refractivity contribution in [2.45, 2.75) is 24.3 Å². The number of nitrogens with zero attached hydrogens (tertiary/aromatic N) is 1. The minimum absolute atomic E-state index is 0. The van der Waals surface area contributed by atoms with Gasteiger partial charge in [0.15, 0.2) is 0 Å². The van der Waals surface area contributed by atoms with Gasteiger partial charge in [-0.15, -0.1) is 12.4 Å². The summed E-state index contributed by atoms with van der Waals surface area (Å²) >= 11 is 0. The number of fused-ring (bicyclic) bond motifs is 3. The van der Waals surface area contributed by atoms with Gasteiger partial charge < -0.3 is 9.88 Å². The number of rotatable bonds is 5. The molecule has 0 saturated carbocycles. The van der Waals surface area contributed by atoms with Crippen LogP contribution in [0.25, 0.3) is 10.9 Å². The van der Waals surface area contributed by atoms with E-state index in [4.69, 9.17) is 0 Å². The van der Waals surface area contributed by atoms with Gasteiger partial charge in [-0.2, -0.15) is 0 Å². The van der Waals surface area contributed by atoms with Gasteiger partial charge >= 0.3 is 0 Å². The van der Waals surface area contributed by atoms with E-state index in [1.54, 1.807) is 24.3 Å². The van der Waals surface area contributed by atoms with Crippen LogP contribution in [0.5, 0.6) is 0 Å². The third-order valence-electron chi connectivity index (χ3n) is 4.97. The van der Waals surface area contributed by atoms with Gasteiger partial charge in [0.1, 0.15) is 0 Å². The van der Waals surface area contributed by atoms with Crippen LogP contribution in [0.4, 0.5) is 0 Å². The molecule has 1 aromatic heterocycles. The molecule has 0 amide bonds. The average molecular weight is 406 g/mol. The second-order valence-electron chi connectivity index (χ2n) is 6.55. The van der Waals surface area contributed by atoms with E-state index in [2.05, 4.69) is 32.8 Å². The highest BCUT2D eigenvalue weighted by Gasteiger charge is 2.19. The van der Waals surface area contributed by atoms with E-state index < -0.39 is 10.0 Å². The molecular weight excluding hydrogens is 382 g/mol. The molecule has 0 unspecified atom stereocenters. The zero-order valence-corrected chi connectivity index (χ0v) is 16.7. The smallest absolute Gasteiger partial charge is 0.240 e. The standard InChI is InChI=1S/C20H23N3O2S.ClH/c24-26(25,16-6-2-1-3-7-16)22-14-15-23-19-9-5-4-8-17(19)18-10-12-21-13-11-20(18)23;/h1-9,21-22H,10-15H2;1H. The Morgan fingerprint density at radius 3 is 2.48 bits per heavy atom. The maximum atomic E-state index is 12.4. The molecule has 0 spiro atoms. The second-order valence-corrected chi connectivity index (χ2v) is 8.32. The van der Waals surface area contributed by atoms with Gasteiger partial charge in [0.25, 0.3) is 0 Å². The van der Waals surface area contributed by atoms with Gasteiger partial charge in [-0.1, -0.05) is 36.4 Å². The molecule has 27 heavy (non-hydrogen) atoms. The van der Waals surface area contributed by atoms with E-state index in [-0.39, 0.29) is 12.4 Å². The SMILES string of the molecule is Cl.O=S(=O)(NCCn1c2c(c3ccccc31)CCNCC2)c1ccccc1. The molecular formula is C20H24ClN3O2S. The molecule has 0 radical (unpaired) electrons. The Morgan fingerprint density at radius 1 is 0.963 bits per heavy atom. The van der Waals surface area contributed by atoms with E-state index in [1.165, 1.54) is 22.2 Å². The van der Waals surface area contributed by atoms with E-state index in [0.717, 1.165) is 25.9 Å². The molecule has 0 bridgehead atoms. The molecule has 2 heterocycles. The van der Waals surface area contributed by atoms with Gasteiger partial charge in [-0.25, -0.2) is 13.1 Å². The lowest BCUT2D eigenvalue weighted by Crippen LogP contribution is -2.28. The summed E-state index contributed by atoms with van der Waals surface area (Å²) < 4.78 is 29.9. The Labute approximate surface area is 166 Å². The van der Waals surface area contributed by atoms with Crippen LogP contribution in [0.1, 0.15) is 11.3 Å². The van der Waals surface area contributed by atoms with Gasteiger partial charge in [0.2, 0.25) is 10.0 Å². The highest BCUT2D eigenvalue weighted by atomic mass is 35.5. The van der Waals surface area contributed by atoms with Crippen LogP contribution in [0.15, 0.2) is 59.5 Å². The number of hydrogen-bond acceptors (Lipinski definition) is 3. The first-order chi connectivity index (χ1) is 12.7. The van der Waals surface area contributed by atoms with Gasteiger partial charge in [-0.05, 0) is 36.7 Å². The summed E-state index contributed by atoms with van der Waals surface area (Å²) in [6, 6.07) is 16.9. The first kappa shape index (κ1) is 19.9. The van der Waals surface area contributed by atoms with E-state index >= 15 is 0 Å². The lowest BCUT2D eigenvalue weighted by Gasteiger charge is -2.12. The molecule has 7 heteroatoms. The number of hydrogen-bond donors (Lipinski definition) is 2. The summed E-state index contributed by atoms with van der Waals surface area (Å²) in [5.74, 6) is 0. The van der Waals surface area contributed by atoms with E-state index in [9.17, 15) is 8.42 Å². The number of aromatic nitrogens is 1. The van der Waals surface area contributed by atoms with Crippen molar-refractivity contribution < 1.29 is 8.42 Å². The molecule has 0 fully saturated rings. The molecule has 0 aliphatic carbocycles. The summed E-state index contributed by atoms with van der Waals surface area (Å²) in [7, 11) is -3.47. The predicted octanol–water partition coefficient (Wildman–Crippen LogP) is 2.73. The normalized spacial score (nSPS) is 14.4. The van der Waals surface area contributed by atoms with Crippen LogP contribution in [0.3, 0.4) is 0 Å². The lowest BCUT2D eigenvalue weighted by atomic mass is 10.1. The number of sulfonamides is 1. The first-order valence-corrected chi connectivity index (χ1v) is 10.5. The van der Waals surface area contributed by atoms with Gasteiger partial charge in [0.05, 0.1) is 4.90 Å². The van der Waals surface area contributed by atoms with Crippen LogP contribution in [-0.2, 0) is 29.4 Å². The third kappa shape index (κ3) is 4.04. The van der Waals surface area contributed by atoms with Crippen molar-refractivity contribution in [3.8, 4) is 0 Å². The average Bonchev–Trinajstić information content (AvgIpc) is 2.81. The predicted molar refractivity (Wildman–Crippen MR) is 111 cm³/mol. The summed E-state index contributed by atoms with van der Waals surface area (Å²) in [6.45, 7) is 2.94. The van der Waals surface area contributed by atoms with Crippen molar-refractivity contribution in [3.05, 3.63) is 65.9 Å². The summed E-state index contributed by atoms with van der Waals surface area (Å²) in [6.07, 6.45) is 1.98. The Hall–Kier alpha value is -1.86. The maximum absolute atomic E-state index is 12.4. The Morgan fingerprint density at radius 2 is 1.67 bits per heavy atom. The highest BCUT2D eigenvalue weighted by molar-refractivity contribution is 7.89. The molecule has 144 valence electrons. The van der Waals surface area contributed by atoms with Crippen LogP contribution < -0.4 is 10.0 Å². The fourth-order valence-electron chi connectivity index (χ4n) is 3.77. The largest absolute Gasteiger partial charge is 0.343 e. The van der Waals surface area contributed by atoms with Crippen molar-refractivity contribution in [2.75, 3.05) is 19.6 Å². The van der Waals surface area contributed by atoms with Crippen molar-refractivity contribution in [1.82, 2.24) is 14.6 Å². The number of halogens is 1. The molecule has 4 rings (SSSR count). The monoisotopic (exact) mass is 405 g/mol. The van der Waals surface area contributed by atoms with Crippen LogP contribution in [0, 0.1) is 0 Å². The first-order valence-electron chi connectivity index (χ1n) is 9.01. The molecule has 2 N–H and O–H groups in total. The highest BCUT2D eigenvalue weighted by Crippen LogP contribution is 2.28. The third-order valence-corrected chi connectivity index (χ3v) is 6.44. The molecule has 1 aliphatic heterocycles. The Kier molecular flexibility index (Phi) is 6.22. The molecule has 2 aromatic carbocycles. The fourth-order valence-corrected chi connectivity index (χ4v) is 4.81. The van der Waals surface area contributed by atoms with Crippen molar-refractivity contribution >= 4 is 33.3 Å². The van der Waals surface area contributed by atoms with Crippen molar-refractivity contribution in [2.24, 2.45) is 0 Å². The summed E-state index contributed by atoms with van der Waals surface area (Å²) in [4.78, 5) is 0.306. The molecule has 5 nitrogen and oxygen atoms in total. The molecule has 0 saturated heterocycles. The summed E-state index contributed by atoms with van der Waals surface area (Å²) in [5, 5.41) is 4.74. The minimum atomic E-state index is -3.47. The van der Waals surface area contributed by atoms with Gasteiger partial charge in [-0.3, -0.25) is 0 Å². The number of nitrogens with one attached hydrogen (secondary N) is 2. The minimum Gasteiger partial charge on any atom is -0.343 e. The van der Waals surface area contributed by atoms with Crippen LogP contribution in [0.2, 0.25) is 0 Å². The lowest BCUT2D eigenvalue weighted by molar-refractivity contribution is 0.571. The van der Waals surface area contributed by atoms with Gasteiger partial charge in [0, 0.05) is 42.7 Å². The number of benzene rings is 2. The quantitative estimate of drug-likeness (QED) is 0.686. The number of para-hydroxylation sites is 1. The maximum Gasteiger partial charge on any atom is 0.240 e. The Balaban J connectivity index is 0.00000210. The zero-order valence-electron chi connectivity index (χ0n) is 15.0. The fraction of sp³-hybridized carbons (Fsp3) is 0.300.